The Morgan fingerprint density at radius 1 is 0.931 bits per heavy atom. The van der Waals surface area contributed by atoms with Gasteiger partial charge in [0.1, 0.15) is 0 Å². The maximum absolute atomic E-state index is 13.1. The van der Waals surface area contributed by atoms with Crippen LogP contribution in [0.2, 0.25) is 0 Å². The number of hydrogen-bond donors (Lipinski definition) is 1. The molecule has 3 aromatic carbocycles. The Bertz CT molecular complexity index is 1150. The monoisotopic (exact) mass is 460 g/mol. The first kappa shape index (κ1) is 19.3. The molecule has 1 heterocycles. The zero-order chi connectivity index (χ0) is 20.1. The minimum Gasteiger partial charge on any atom is -0.298 e. The van der Waals surface area contributed by atoms with Crippen molar-refractivity contribution in [2.24, 2.45) is 0 Å². The van der Waals surface area contributed by atoms with E-state index >= 15 is 0 Å². The van der Waals surface area contributed by atoms with Crippen molar-refractivity contribution in [2.75, 3.05) is 5.32 Å². The zero-order valence-corrected chi connectivity index (χ0v) is 17.8. The van der Waals surface area contributed by atoms with Gasteiger partial charge < -0.3 is 0 Å². The number of carbonyl (C=O) groups excluding carboxylic acids is 1. The number of halogens is 1. The number of nitrogens with one attached hydrogen (secondary N) is 1. The predicted molar refractivity (Wildman–Crippen MR) is 125 cm³/mol. The van der Waals surface area contributed by atoms with Gasteiger partial charge in [-0.25, -0.2) is 4.98 Å². The molecule has 142 valence electrons. The molecule has 0 unspecified atom stereocenters. The highest BCUT2D eigenvalue weighted by Gasteiger charge is 2.15. The lowest BCUT2D eigenvalue weighted by molar-refractivity contribution is -0.111. The van der Waals surface area contributed by atoms with Crippen molar-refractivity contribution >= 4 is 50.0 Å². The molecule has 0 atom stereocenters. The third kappa shape index (κ3) is 4.88. The van der Waals surface area contributed by atoms with Crippen molar-refractivity contribution in [2.45, 2.75) is 0 Å². The van der Waals surface area contributed by atoms with Crippen molar-refractivity contribution in [3.05, 3.63) is 106 Å². The number of benzene rings is 3. The van der Waals surface area contributed by atoms with E-state index in [4.69, 9.17) is 0 Å². The second-order valence-electron chi connectivity index (χ2n) is 6.34. The van der Waals surface area contributed by atoms with Gasteiger partial charge in [-0.3, -0.25) is 10.1 Å². The van der Waals surface area contributed by atoms with Crippen LogP contribution in [0.15, 0.2) is 94.8 Å². The first-order valence-corrected chi connectivity index (χ1v) is 10.7. The smallest absolute Gasteiger partial charge is 0.258 e. The number of amides is 1. The highest BCUT2D eigenvalue weighted by Crippen LogP contribution is 2.28. The Labute approximate surface area is 181 Å². The SMILES string of the molecule is O=C(Nc1nc(-c2cccc(Br)c2)cs1)/C(=C/c1ccccc1)c1ccccc1. The van der Waals surface area contributed by atoms with E-state index < -0.39 is 0 Å². The number of anilines is 1. The molecular formula is C24H17BrN2OS. The Morgan fingerprint density at radius 2 is 1.66 bits per heavy atom. The first-order valence-electron chi connectivity index (χ1n) is 9.04. The molecule has 0 fully saturated rings. The summed E-state index contributed by atoms with van der Waals surface area (Å²) in [5.74, 6) is -0.185. The summed E-state index contributed by atoms with van der Waals surface area (Å²) < 4.78 is 0.991. The van der Waals surface area contributed by atoms with Crippen molar-refractivity contribution in [1.29, 1.82) is 0 Å². The van der Waals surface area contributed by atoms with Gasteiger partial charge in [0.25, 0.3) is 5.91 Å². The van der Waals surface area contributed by atoms with Crippen LogP contribution in [0.25, 0.3) is 22.9 Å². The van der Waals surface area contributed by atoms with E-state index in [1.165, 1.54) is 11.3 Å². The lowest BCUT2D eigenvalue weighted by Gasteiger charge is -2.08. The maximum atomic E-state index is 13.1. The zero-order valence-electron chi connectivity index (χ0n) is 15.4. The first-order chi connectivity index (χ1) is 14.2. The number of carbonyl (C=O) groups is 1. The Hall–Kier alpha value is -3.02. The van der Waals surface area contributed by atoms with Crippen LogP contribution in [0.3, 0.4) is 0 Å². The van der Waals surface area contributed by atoms with Crippen LogP contribution < -0.4 is 5.32 Å². The van der Waals surface area contributed by atoms with Gasteiger partial charge in [-0.05, 0) is 29.3 Å². The minimum absolute atomic E-state index is 0.185. The molecule has 0 aliphatic rings. The molecule has 5 heteroatoms. The minimum atomic E-state index is -0.185. The summed E-state index contributed by atoms with van der Waals surface area (Å²) >= 11 is 4.89. The van der Waals surface area contributed by atoms with Crippen LogP contribution >= 0.6 is 27.3 Å². The topological polar surface area (TPSA) is 42.0 Å². The lowest BCUT2D eigenvalue weighted by atomic mass is 10.0. The van der Waals surface area contributed by atoms with Crippen molar-refractivity contribution in [3.8, 4) is 11.3 Å². The van der Waals surface area contributed by atoms with Gasteiger partial charge in [-0.2, -0.15) is 0 Å². The number of hydrogen-bond acceptors (Lipinski definition) is 3. The number of nitrogens with zero attached hydrogens (tertiary/aromatic N) is 1. The molecule has 0 saturated carbocycles. The molecule has 0 aliphatic heterocycles. The lowest BCUT2D eigenvalue weighted by Crippen LogP contribution is -2.13. The molecule has 1 amide bonds. The summed E-state index contributed by atoms with van der Waals surface area (Å²) in [6, 6.07) is 27.4. The van der Waals surface area contributed by atoms with Crippen LogP contribution in [0, 0.1) is 0 Å². The summed E-state index contributed by atoms with van der Waals surface area (Å²) in [7, 11) is 0. The summed E-state index contributed by atoms with van der Waals surface area (Å²) in [6.07, 6.45) is 1.90. The quantitative estimate of drug-likeness (QED) is 0.264. The summed E-state index contributed by atoms with van der Waals surface area (Å²) in [4.78, 5) is 17.7. The van der Waals surface area contributed by atoms with Crippen LogP contribution in [0.5, 0.6) is 0 Å². The van der Waals surface area contributed by atoms with E-state index in [9.17, 15) is 4.79 Å². The summed E-state index contributed by atoms with van der Waals surface area (Å²) in [6.45, 7) is 0. The summed E-state index contributed by atoms with van der Waals surface area (Å²) in [5, 5.41) is 5.47. The average molecular weight is 461 g/mol. The molecule has 4 rings (SSSR count). The maximum Gasteiger partial charge on any atom is 0.258 e. The van der Waals surface area contributed by atoms with E-state index in [1.54, 1.807) is 0 Å². The molecule has 0 radical (unpaired) electrons. The predicted octanol–water partition coefficient (Wildman–Crippen LogP) is 6.75. The molecule has 3 nitrogen and oxygen atoms in total. The normalized spacial score (nSPS) is 11.3. The molecular weight excluding hydrogens is 444 g/mol. The van der Waals surface area contributed by atoms with Crippen LogP contribution in [0.1, 0.15) is 11.1 Å². The molecule has 0 saturated heterocycles. The van der Waals surface area contributed by atoms with Gasteiger partial charge in [-0.1, -0.05) is 88.7 Å². The Kier molecular flexibility index (Phi) is 5.98. The standard InChI is InChI=1S/C24H17BrN2OS/c25-20-13-7-12-19(15-20)22-16-29-24(26-22)27-23(28)21(18-10-5-2-6-11-18)14-17-8-3-1-4-9-17/h1-16H,(H,26,27,28)/b21-14+. The van der Waals surface area contributed by atoms with Crippen LogP contribution in [-0.4, -0.2) is 10.9 Å². The van der Waals surface area contributed by atoms with E-state index in [0.717, 1.165) is 26.9 Å². The second kappa shape index (κ2) is 8.99. The fourth-order valence-corrected chi connectivity index (χ4v) is 4.00. The van der Waals surface area contributed by atoms with E-state index in [1.807, 2.05) is 96.4 Å². The Morgan fingerprint density at radius 3 is 2.38 bits per heavy atom. The molecule has 0 spiro atoms. The highest BCUT2D eigenvalue weighted by atomic mass is 79.9. The average Bonchev–Trinajstić information content (AvgIpc) is 3.22. The van der Waals surface area contributed by atoms with Crippen LogP contribution in [-0.2, 0) is 4.79 Å². The molecule has 1 aromatic heterocycles. The number of aromatic nitrogens is 1. The van der Waals surface area contributed by atoms with Crippen molar-refractivity contribution in [1.82, 2.24) is 4.98 Å². The third-order valence-corrected chi connectivity index (χ3v) is 5.54. The van der Waals surface area contributed by atoms with Crippen molar-refractivity contribution < 1.29 is 4.79 Å². The molecule has 0 bridgehead atoms. The molecule has 0 aliphatic carbocycles. The van der Waals surface area contributed by atoms with E-state index in [2.05, 4.69) is 26.2 Å². The van der Waals surface area contributed by atoms with Crippen LogP contribution in [0.4, 0.5) is 5.13 Å². The van der Waals surface area contributed by atoms with E-state index in [-0.39, 0.29) is 5.91 Å². The third-order valence-electron chi connectivity index (χ3n) is 4.29. The fraction of sp³-hybridized carbons (Fsp3) is 0. The molecule has 4 aromatic rings. The number of thiazole rings is 1. The Balaban J connectivity index is 1.62. The van der Waals surface area contributed by atoms with E-state index in [0.29, 0.717) is 10.7 Å². The van der Waals surface area contributed by atoms with Crippen molar-refractivity contribution in [3.63, 3.8) is 0 Å². The highest BCUT2D eigenvalue weighted by molar-refractivity contribution is 9.10. The molecule has 1 N–H and O–H groups in total. The van der Waals surface area contributed by atoms with Gasteiger partial charge in [0.05, 0.1) is 5.69 Å². The van der Waals surface area contributed by atoms with Gasteiger partial charge in [0.15, 0.2) is 5.13 Å². The second-order valence-corrected chi connectivity index (χ2v) is 8.11. The van der Waals surface area contributed by atoms with Gasteiger partial charge in [0.2, 0.25) is 0 Å². The largest absolute Gasteiger partial charge is 0.298 e. The van der Waals surface area contributed by atoms with Gasteiger partial charge >= 0.3 is 0 Å². The van der Waals surface area contributed by atoms with Gasteiger partial charge in [-0.15, -0.1) is 11.3 Å². The summed E-state index contributed by atoms with van der Waals surface area (Å²) in [5.41, 5.74) is 4.25. The van der Waals surface area contributed by atoms with Gasteiger partial charge in [0, 0.05) is 21.0 Å². The fourth-order valence-electron chi connectivity index (χ4n) is 2.89. The number of rotatable bonds is 5. The molecule has 29 heavy (non-hydrogen) atoms.